The zero-order valence-electron chi connectivity index (χ0n) is 11.0. The average Bonchev–Trinajstić information content (AvgIpc) is 3.11. The van der Waals surface area contributed by atoms with E-state index in [2.05, 4.69) is 18.7 Å². The van der Waals surface area contributed by atoms with Crippen molar-refractivity contribution in [1.82, 2.24) is 4.90 Å². The molecule has 0 aromatic heterocycles. The maximum Gasteiger partial charge on any atom is 0.124 e. The predicted octanol–water partition coefficient (Wildman–Crippen LogP) is 3.32. The molecule has 0 aliphatic heterocycles. The highest BCUT2D eigenvalue weighted by Gasteiger charge is 2.25. The van der Waals surface area contributed by atoms with Crippen LogP contribution in [0.15, 0.2) is 18.2 Å². The topological polar surface area (TPSA) is 27.0 Å². The molecule has 0 N–H and O–H groups in total. The van der Waals surface area contributed by atoms with Gasteiger partial charge in [0.15, 0.2) is 0 Å². The van der Waals surface area contributed by atoms with E-state index in [1.54, 1.807) is 6.07 Å². The minimum Gasteiger partial charge on any atom is -0.296 e. The van der Waals surface area contributed by atoms with E-state index in [1.807, 2.05) is 6.07 Å². The average molecular weight is 246 g/mol. The second-order valence-electron chi connectivity index (χ2n) is 5.43. The van der Waals surface area contributed by atoms with E-state index in [0.29, 0.717) is 11.6 Å². The largest absolute Gasteiger partial charge is 0.296 e. The first kappa shape index (κ1) is 13.0. The number of halogens is 1. The van der Waals surface area contributed by atoms with Crippen molar-refractivity contribution in [2.75, 3.05) is 6.54 Å². The van der Waals surface area contributed by atoms with E-state index in [9.17, 15) is 4.39 Å². The summed E-state index contributed by atoms with van der Waals surface area (Å²) in [7, 11) is 0. The molecule has 0 radical (unpaired) electrons. The molecule has 2 rings (SSSR count). The molecular formula is C15H19FN2. The second-order valence-corrected chi connectivity index (χ2v) is 5.43. The zero-order valence-corrected chi connectivity index (χ0v) is 11.0. The van der Waals surface area contributed by atoms with Crippen molar-refractivity contribution in [1.29, 1.82) is 5.26 Å². The van der Waals surface area contributed by atoms with Gasteiger partial charge in [0.25, 0.3) is 0 Å². The Hall–Kier alpha value is -1.40. The number of hydrogen-bond acceptors (Lipinski definition) is 2. The lowest BCUT2D eigenvalue weighted by atomic mass is 10.1. The molecular weight excluding hydrogens is 227 g/mol. The zero-order chi connectivity index (χ0) is 13.1. The van der Waals surface area contributed by atoms with Crippen molar-refractivity contribution >= 4 is 0 Å². The summed E-state index contributed by atoms with van der Waals surface area (Å²) in [5.41, 5.74) is 1.29. The Labute approximate surface area is 108 Å². The van der Waals surface area contributed by atoms with E-state index in [-0.39, 0.29) is 5.82 Å². The molecule has 0 unspecified atom stereocenters. The van der Waals surface area contributed by atoms with Crippen LogP contribution < -0.4 is 0 Å². The van der Waals surface area contributed by atoms with Crippen LogP contribution in [0, 0.1) is 23.1 Å². The summed E-state index contributed by atoms with van der Waals surface area (Å²) < 4.78 is 13.4. The third-order valence-corrected chi connectivity index (χ3v) is 3.39. The SMILES string of the molecule is CC(C)N(Cc1cc(F)cc(C#N)c1)CC1CC1. The van der Waals surface area contributed by atoms with Crippen LogP contribution in [0.25, 0.3) is 0 Å². The molecule has 0 atom stereocenters. The van der Waals surface area contributed by atoms with Crippen molar-refractivity contribution in [2.45, 2.75) is 39.3 Å². The first-order chi connectivity index (χ1) is 8.58. The maximum absolute atomic E-state index is 13.4. The highest BCUT2D eigenvalue weighted by atomic mass is 19.1. The number of hydrogen-bond donors (Lipinski definition) is 0. The van der Waals surface area contributed by atoms with Gasteiger partial charge in [-0.1, -0.05) is 0 Å². The molecule has 1 saturated carbocycles. The highest BCUT2D eigenvalue weighted by molar-refractivity contribution is 5.33. The van der Waals surface area contributed by atoms with Crippen molar-refractivity contribution in [3.05, 3.63) is 35.1 Å². The standard InChI is InChI=1S/C15H19FN2/c1-11(2)18(9-12-3-4-12)10-14-5-13(8-17)6-15(16)7-14/h5-7,11-12H,3-4,9-10H2,1-2H3. The fraction of sp³-hybridized carbons (Fsp3) is 0.533. The van der Waals surface area contributed by atoms with Gasteiger partial charge in [-0.05, 0) is 56.4 Å². The molecule has 1 aliphatic carbocycles. The third kappa shape index (κ3) is 3.54. The molecule has 0 spiro atoms. The minimum atomic E-state index is -0.320. The minimum absolute atomic E-state index is 0.320. The number of nitrogens with zero attached hydrogens (tertiary/aromatic N) is 2. The molecule has 96 valence electrons. The van der Waals surface area contributed by atoms with Gasteiger partial charge in [-0.15, -0.1) is 0 Å². The van der Waals surface area contributed by atoms with E-state index >= 15 is 0 Å². The first-order valence-corrected chi connectivity index (χ1v) is 6.52. The van der Waals surface area contributed by atoms with Gasteiger partial charge in [0.05, 0.1) is 11.6 Å². The third-order valence-electron chi connectivity index (χ3n) is 3.39. The van der Waals surface area contributed by atoms with Gasteiger partial charge in [0.2, 0.25) is 0 Å². The molecule has 0 saturated heterocycles. The van der Waals surface area contributed by atoms with Crippen LogP contribution >= 0.6 is 0 Å². The van der Waals surface area contributed by atoms with Crippen molar-refractivity contribution in [2.24, 2.45) is 5.92 Å². The molecule has 0 heterocycles. The highest BCUT2D eigenvalue weighted by Crippen LogP contribution is 2.30. The van der Waals surface area contributed by atoms with Crippen molar-refractivity contribution in [3.8, 4) is 6.07 Å². The first-order valence-electron chi connectivity index (χ1n) is 6.52. The monoisotopic (exact) mass is 246 g/mol. The van der Waals surface area contributed by atoms with Crippen LogP contribution in [0.5, 0.6) is 0 Å². The number of nitriles is 1. The Balaban J connectivity index is 2.09. The summed E-state index contributed by atoms with van der Waals surface area (Å²) in [4.78, 5) is 2.35. The fourth-order valence-electron chi connectivity index (χ4n) is 2.13. The van der Waals surface area contributed by atoms with Crippen LogP contribution in [-0.2, 0) is 6.54 Å². The lowest BCUT2D eigenvalue weighted by Gasteiger charge is -2.26. The molecule has 1 aromatic rings. The van der Waals surface area contributed by atoms with Gasteiger partial charge in [-0.25, -0.2) is 4.39 Å². The van der Waals surface area contributed by atoms with Crippen LogP contribution in [0.2, 0.25) is 0 Å². The van der Waals surface area contributed by atoms with Gasteiger partial charge in [0.1, 0.15) is 5.82 Å². The Morgan fingerprint density at radius 1 is 1.39 bits per heavy atom. The lowest BCUT2D eigenvalue weighted by Crippen LogP contribution is -2.32. The van der Waals surface area contributed by atoms with E-state index in [0.717, 1.165) is 24.6 Å². The Morgan fingerprint density at radius 2 is 2.11 bits per heavy atom. The van der Waals surface area contributed by atoms with Crippen LogP contribution in [-0.4, -0.2) is 17.5 Å². The quantitative estimate of drug-likeness (QED) is 0.797. The van der Waals surface area contributed by atoms with E-state index in [1.165, 1.54) is 25.0 Å². The van der Waals surface area contributed by atoms with E-state index in [4.69, 9.17) is 5.26 Å². The molecule has 3 heteroatoms. The summed E-state index contributed by atoms with van der Waals surface area (Å²) in [6.45, 7) is 6.12. The van der Waals surface area contributed by atoms with E-state index < -0.39 is 0 Å². The Kier molecular flexibility index (Phi) is 3.98. The molecule has 1 aromatic carbocycles. The summed E-state index contributed by atoms with van der Waals surface area (Å²) in [5, 5.41) is 8.85. The van der Waals surface area contributed by atoms with Gasteiger partial charge in [0, 0.05) is 19.1 Å². The fourth-order valence-corrected chi connectivity index (χ4v) is 2.13. The lowest BCUT2D eigenvalue weighted by molar-refractivity contribution is 0.203. The predicted molar refractivity (Wildman–Crippen MR) is 69.4 cm³/mol. The molecule has 2 nitrogen and oxygen atoms in total. The Bertz CT molecular complexity index is 458. The van der Waals surface area contributed by atoms with Gasteiger partial charge >= 0.3 is 0 Å². The smallest absolute Gasteiger partial charge is 0.124 e. The molecule has 18 heavy (non-hydrogen) atoms. The normalized spacial score (nSPS) is 15.1. The number of benzene rings is 1. The Morgan fingerprint density at radius 3 is 2.67 bits per heavy atom. The molecule has 0 bridgehead atoms. The van der Waals surface area contributed by atoms with Crippen molar-refractivity contribution < 1.29 is 4.39 Å². The maximum atomic E-state index is 13.4. The molecule has 1 fully saturated rings. The van der Waals surface area contributed by atoms with Crippen LogP contribution in [0.3, 0.4) is 0 Å². The summed E-state index contributed by atoms with van der Waals surface area (Å²) in [6.07, 6.45) is 2.63. The van der Waals surface area contributed by atoms with Gasteiger partial charge < -0.3 is 0 Å². The molecule has 0 amide bonds. The summed E-state index contributed by atoms with van der Waals surface area (Å²) in [5.74, 6) is 0.496. The summed E-state index contributed by atoms with van der Waals surface area (Å²) in [6, 6.07) is 7.04. The van der Waals surface area contributed by atoms with Crippen LogP contribution in [0.4, 0.5) is 4.39 Å². The summed E-state index contributed by atoms with van der Waals surface area (Å²) >= 11 is 0. The number of rotatable bonds is 5. The van der Waals surface area contributed by atoms with Crippen LogP contribution in [0.1, 0.15) is 37.8 Å². The second kappa shape index (κ2) is 5.49. The van der Waals surface area contributed by atoms with Crippen molar-refractivity contribution in [3.63, 3.8) is 0 Å². The molecule has 1 aliphatic rings. The van der Waals surface area contributed by atoms with Gasteiger partial charge in [-0.2, -0.15) is 5.26 Å². The van der Waals surface area contributed by atoms with Gasteiger partial charge in [-0.3, -0.25) is 4.90 Å².